The molecule has 5 heteroatoms. The number of hydrogen-bond donors (Lipinski definition) is 2. The lowest BCUT2D eigenvalue weighted by Crippen LogP contribution is -2.39. The van der Waals surface area contributed by atoms with Crippen molar-refractivity contribution in [3.8, 4) is 0 Å². The van der Waals surface area contributed by atoms with E-state index in [1.807, 2.05) is 32.9 Å². The Hall–Kier alpha value is -1.26. The average Bonchev–Trinajstić information content (AvgIpc) is 2.86. The SMILES string of the molecule is CC(C)(C)OC(=O)NC1CCC(NCCc2ccc(Cl)cc2)C1. The van der Waals surface area contributed by atoms with Gasteiger partial charge in [-0.05, 0) is 70.7 Å². The number of rotatable bonds is 5. The van der Waals surface area contributed by atoms with Crippen LogP contribution in [-0.4, -0.2) is 30.3 Å². The minimum Gasteiger partial charge on any atom is -0.444 e. The molecule has 0 aromatic heterocycles. The molecule has 23 heavy (non-hydrogen) atoms. The number of alkyl carbamates (subject to hydrolysis) is 1. The Labute approximate surface area is 143 Å². The average molecular weight is 339 g/mol. The molecule has 0 saturated heterocycles. The van der Waals surface area contributed by atoms with Gasteiger partial charge in [-0.15, -0.1) is 0 Å². The van der Waals surface area contributed by atoms with Crippen LogP contribution in [0, 0.1) is 0 Å². The largest absolute Gasteiger partial charge is 0.444 e. The van der Waals surface area contributed by atoms with Crippen LogP contribution in [0.5, 0.6) is 0 Å². The van der Waals surface area contributed by atoms with Crippen LogP contribution < -0.4 is 10.6 Å². The quantitative estimate of drug-likeness (QED) is 0.855. The van der Waals surface area contributed by atoms with E-state index < -0.39 is 5.60 Å². The molecule has 1 aromatic carbocycles. The standard InChI is InChI=1S/C18H27ClN2O2/c1-18(2,3)23-17(22)21-16-9-8-15(12-16)20-11-10-13-4-6-14(19)7-5-13/h4-7,15-16,20H,8-12H2,1-3H3,(H,21,22). The summed E-state index contributed by atoms with van der Waals surface area (Å²) in [5.74, 6) is 0. The van der Waals surface area contributed by atoms with E-state index in [4.69, 9.17) is 16.3 Å². The van der Waals surface area contributed by atoms with Crippen molar-refractivity contribution in [2.45, 2.75) is 64.1 Å². The van der Waals surface area contributed by atoms with Crippen molar-refractivity contribution in [2.24, 2.45) is 0 Å². The maximum absolute atomic E-state index is 11.8. The highest BCUT2D eigenvalue weighted by molar-refractivity contribution is 6.30. The van der Waals surface area contributed by atoms with Crippen LogP contribution in [0.4, 0.5) is 4.79 Å². The van der Waals surface area contributed by atoms with E-state index in [1.54, 1.807) is 0 Å². The first-order valence-electron chi connectivity index (χ1n) is 8.29. The van der Waals surface area contributed by atoms with Crippen LogP contribution >= 0.6 is 11.6 Å². The van der Waals surface area contributed by atoms with Crippen molar-refractivity contribution < 1.29 is 9.53 Å². The van der Waals surface area contributed by atoms with Crippen molar-refractivity contribution in [1.82, 2.24) is 10.6 Å². The molecular weight excluding hydrogens is 312 g/mol. The molecule has 0 spiro atoms. The Morgan fingerprint density at radius 3 is 2.52 bits per heavy atom. The maximum Gasteiger partial charge on any atom is 0.407 e. The molecule has 1 saturated carbocycles. The van der Waals surface area contributed by atoms with E-state index in [0.717, 1.165) is 37.3 Å². The van der Waals surface area contributed by atoms with Crippen molar-refractivity contribution in [1.29, 1.82) is 0 Å². The lowest BCUT2D eigenvalue weighted by atomic mass is 10.1. The van der Waals surface area contributed by atoms with E-state index in [-0.39, 0.29) is 12.1 Å². The molecule has 0 radical (unpaired) electrons. The van der Waals surface area contributed by atoms with Gasteiger partial charge >= 0.3 is 6.09 Å². The first kappa shape index (κ1) is 18.1. The summed E-state index contributed by atoms with van der Waals surface area (Å²) in [4.78, 5) is 11.8. The number of carbonyl (C=O) groups excluding carboxylic acids is 1. The molecule has 2 N–H and O–H groups in total. The lowest BCUT2D eigenvalue weighted by molar-refractivity contribution is 0.0505. The minimum absolute atomic E-state index is 0.206. The summed E-state index contributed by atoms with van der Waals surface area (Å²) in [6.07, 6.45) is 3.71. The molecule has 4 nitrogen and oxygen atoms in total. The van der Waals surface area contributed by atoms with E-state index in [1.165, 1.54) is 5.56 Å². The predicted molar refractivity (Wildman–Crippen MR) is 94.0 cm³/mol. The van der Waals surface area contributed by atoms with Crippen LogP contribution in [0.1, 0.15) is 45.6 Å². The van der Waals surface area contributed by atoms with Crippen molar-refractivity contribution >= 4 is 17.7 Å². The van der Waals surface area contributed by atoms with Crippen molar-refractivity contribution in [2.75, 3.05) is 6.54 Å². The van der Waals surface area contributed by atoms with Crippen molar-refractivity contribution in [3.63, 3.8) is 0 Å². The van der Waals surface area contributed by atoms with E-state index in [2.05, 4.69) is 22.8 Å². The van der Waals surface area contributed by atoms with Gasteiger partial charge in [0, 0.05) is 17.1 Å². The van der Waals surface area contributed by atoms with Gasteiger partial charge in [-0.1, -0.05) is 23.7 Å². The van der Waals surface area contributed by atoms with Gasteiger partial charge in [0.25, 0.3) is 0 Å². The Bertz CT molecular complexity index is 511. The van der Waals surface area contributed by atoms with Gasteiger partial charge < -0.3 is 15.4 Å². The summed E-state index contributed by atoms with van der Waals surface area (Å²) in [5, 5.41) is 7.31. The van der Waals surface area contributed by atoms with Crippen LogP contribution in [0.3, 0.4) is 0 Å². The first-order valence-corrected chi connectivity index (χ1v) is 8.67. The smallest absolute Gasteiger partial charge is 0.407 e. The summed E-state index contributed by atoms with van der Waals surface area (Å²) >= 11 is 5.89. The predicted octanol–water partition coefficient (Wildman–Crippen LogP) is 3.92. The zero-order valence-electron chi connectivity index (χ0n) is 14.2. The third-order valence-corrected chi connectivity index (χ3v) is 4.17. The van der Waals surface area contributed by atoms with E-state index >= 15 is 0 Å². The van der Waals surface area contributed by atoms with Gasteiger partial charge in [-0.25, -0.2) is 4.79 Å². The molecule has 2 unspecified atom stereocenters. The fraction of sp³-hybridized carbons (Fsp3) is 0.611. The van der Waals surface area contributed by atoms with Crippen molar-refractivity contribution in [3.05, 3.63) is 34.9 Å². The van der Waals surface area contributed by atoms with Gasteiger partial charge in [-0.2, -0.15) is 0 Å². The highest BCUT2D eigenvalue weighted by Crippen LogP contribution is 2.20. The minimum atomic E-state index is -0.446. The lowest BCUT2D eigenvalue weighted by Gasteiger charge is -2.21. The van der Waals surface area contributed by atoms with Gasteiger partial charge in [0.05, 0.1) is 0 Å². The van der Waals surface area contributed by atoms with Gasteiger partial charge in [0.15, 0.2) is 0 Å². The number of ether oxygens (including phenoxy) is 1. The third-order valence-electron chi connectivity index (χ3n) is 3.91. The second-order valence-corrected chi connectivity index (χ2v) is 7.62. The van der Waals surface area contributed by atoms with Crippen LogP contribution in [0.25, 0.3) is 0 Å². The summed E-state index contributed by atoms with van der Waals surface area (Å²) < 4.78 is 5.30. The summed E-state index contributed by atoms with van der Waals surface area (Å²) in [5.41, 5.74) is 0.835. The Morgan fingerprint density at radius 2 is 1.87 bits per heavy atom. The normalized spacial score (nSPS) is 21.2. The second-order valence-electron chi connectivity index (χ2n) is 7.18. The topological polar surface area (TPSA) is 50.4 Å². The third kappa shape index (κ3) is 6.80. The number of carbonyl (C=O) groups is 1. The Balaban J connectivity index is 1.65. The molecule has 1 aliphatic rings. The maximum atomic E-state index is 11.8. The van der Waals surface area contributed by atoms with E-state index in [9.17, 15) is 4.79 Å². The highest BCUT2D eigenvalue weighted by Gasteiger charge is 2.27. The molecule has 0 bridgehead atoms. The fourth-order valence-electron chi connectivity index (χ4n) is 2.84. The molecule has 1 aromatic rings. The molecule has 1 aliphatic carbocycles. The van der Waals surface area contributed by atoms with Gasteiger partial charge in [0.2, 0.25) is 0 Å². The molecule has 0 aliphatic heterocycles. The number of hydrogen-bond acceptors (Lipinski definition) is 3. The second kappa shape index (κ2) is 8.02. The summed E-state index contributed by atoms with van der Waals surface area (Å²) in [6.45, 7) is 6.57. The summed E-state index contributed by atoms with van der Waals surface area (Å²) in [6, 6.07) is 8.64. The van der Waals surface area contributed by atoms with Gasteiger partial charge in [-0.3, -0.25) is 0 Å². The molecule has 128 valence electrons. The van der Waals surface area contributed by atoms with Crippen LogP contribution in [0.2, 0.25) is 5.02 Å². The molecule has 1 amide bonds. The zero-order chi connectivity index (χ0) is 16.9. The molecular formula is C18H27ClN2O2. The number of halogens is 1. The Kier molecular flexibility index (Phi) is 6.31. The highest BCUT2D eigenvalue weighted by atomic mass is 35.5. The van der Waals surface area contributed by atoms with E-state index in [0.29, 0.717) is 6.04 Å². The molecule has 2 rings (SSSR count). The van der Waals surface area contributed by atoms with Crippen LogP contribution in [-0.2, 0) is 11.2 Å². The van der Waals surface area contributed by atoms with Gasteiger partial charge in [0.1, 0.15) is 5.60 Å². The number of benzene rings is 1. The van der Waals surface area contributed by atoms with Crippen LogP contribution in [0.15, 0.2) is 24.3 Å². The number of nitrogens with one attached hydrogen (secondary N) is 2. The molecule has 1 fully saturated rings. The Morgan fingerprint density at radius 1 is 1.22 bits per heavy atom. The zero-order valence-corrected chi connectivity index (χ0v) is 15.0. The summed E-state index contributed by atoms with van der Waals surface area (Å²) in [7, 11) is 0. The number of amides is 1. The first-order chi connectivity index (χ1) is 10.8. The molecule has 0 heterocycles. The fourth-order valence-corrected chi connectivity index (χ4v) is 2.97. The monoisotopic (exact) mass is 338 g/mol. The molecule has 2 atom stereocenters.